The number of hydrogen-bond donors (Lipinski definition) is 1. The third-order valence-corrected chi connectivity index (χ3v) is 5.32. The average molecular weight is 384 g/mol. The molecular formula is C24H53N3. The van der Waals surface area contributed by atoms with Crippen LogP contribution in [0, 0.1) is 0 Å². The summed E-state index contributed by atoms with van der Waals surface area (Å²) in [6.45, 7) is 19.4. The average Bonchev–Trinajstić information content (AvgIpc) is 2.66. The van der Waals surface area contributed by atoms with Crippen LogP contribution in [0.2, 0.25) is 0 Å². The lowest BCUT2D eigenvalue weighted by atomic mass is 10.1. The molecule has 1 N–H and O–H groups in total. The predicted molar refractivity (Wildman–Crippen MR) is 124 cm³/mol. The van der Waals surface area contributed by atoms with Crippen LogP contribution >= 0.6 is 0 Å². The van der Waals surface area contributed by atoms with Crippen LogP contribution < -0.4 is 5.32 Å². The number of rotatable bonds is 22. The Morgan fingerprint density at radius 2 is 0.741 bits per heavy atom. The van der Waals surface area contributed by atoms with Crippen LogP contribution in [0.25, 0.3) is 0 Å². The van der Waals surface area contributed by atoms with Gasteiger partial charge in [-0.2, -0.15) is 0 Å². The lowest BCUT2D eigenvalue weighted by molar-refractivity contribution is 0.267. The first-order valence-electron chi connectivity index (χ1n) is 12.4. The number of unbranched alkanes of at least 4 members (excludes halogenated alkanes) is 6. The van der Waals surface area contributed by atoms with Crippen molar-refractivity contribution in [2.75, 3.05) is 52.4 Å². The van der Waals surface area contributed by atoms with Gasteiger partial charge in [0, 0.05) is 0 Å². The number of nitrogens with one attached hydrogen (secondary N) is 1. The maximum Gasteiger partial charge on any atom is -0.00187 e. The minimum absolute atomic E-state index is 1.22. The molecule has 0 aliphatic carbocycles. The van der Waals surface area contributed by atoms with Crippen molar-refractivity contribution in [1.82, 2.24) is 15.1 Å². The smallest absolute Gasteiger partial charge is 0.00187 e. The van der Waals surface area contributed by atoms with E-state index < -0.39 is 0 Å². The molecule has 0 unspecified atom stereocenters. The van der Waals surface area contributed by atoms with Crippen LogP contribution in [0.3, 0.4) is 0 Å². The van der Waals surface area contributed by atoms with Gasteiger partial charge in [0.2, 0.25) is 0 Å². The van der Waals surface area contributed by atoms with Crippen molar-refractivity contribution in [3.63, 3.8) is 0 Å². The Labute approximate surface area is 172 Å². The van der Waals surface area contributed by atoms with Crippen molar-refractivity contribution in [2.45, 2.75) is 105 Å². The molecule has 0 atom stereocenters. The summed E-state index contributed by atoms with van der Waals surface area (Å²) in [7, 11) is 0. The van der Waals surface area contributed by atoms with Crippen LogP contribution in [0.4, 0.5) is 0 Å². The summed E-state index contributed by atoms with van der Waals surface area (Å²) in [5.41, 5.74) is 0. The van der Waals surface area contributed by atoms with Crippen LogP contribution in [-0.4, -0.2) is 62.2 Å². The predicted octanol–water partition coefficient (Wildman–Crippen LogP) is 5.94. The SMILES string of the molecule is CCCN(CCC)CCCCCCNCCCCCCN(CCC)CCC. The number of nitrogens with zero attached hydrogens (tertiary/aromatic N) is 2. The van der Waals surface area contributed by atoms with Gasteiger partial charge in [-0.1, -0.05) is 53.4 Å². The Balaban J connectivity index is 3.31. The van der Waals surface area contributed by atoms with Gasteiger partial charge in [0.25, 0.3) is 0 Å². The molecular weight excluding hydrogens is 330 g/mol. The lowest BCUT2D eigenvalue weighted by Gasteiger charge is -2.20. The van der Waals surface area contributed by atoms with Gasteiger partial charge in [0.05, 0.1) is 0 Å². The molecule has 0 fully saturated rings. The second kappa shape index (κ2) is 22.2. The van der Waals surface area contributed by atoms with Crippen molar-refractivity contribution >= 4 is 0 Å². The molecule has 0 aromatic carbocycles. The molecule has 3 heteroatoms. The van der Waals surface area contributed by atoms with Gasteiger partial charge in [-0.15, -0.1) is 0 Å². The van der Waals surface area contributed by atoms with Gasteiger partial charge < -0.3 is 15.1 Å². The Hall–Kier alpha value is -0.120. The van der Waals surface area contributed by atoms with Crippen molar-refractivity contribution < 1.29 is 0 Å². The molecule has 0 aliphatic rings. The summed E-state index contributed by atoms with van der Waals surface area (Å²) in [4.78, 5) is 5.28. The standard InChI is InChI=1S/C24H53N3/c1-5-19-26(20-6-2)23-15-11-9-13-17-25-18-14-10-12-16-24-27(21-7-3)22-8-4/h25H,5-24H2,1-4H3. The van der Waals surface area contributed by atoms with Crippen LogP contribution in [0.1, 0.15) is 105 Å². The third kappa shape index (κ3) is 19.0. The summed E-state index contributed by atoms with van der Waals surface area (Å²) in [6, 6.07) is 0. The molecule has 0 rings (SSSR count). The van der Waals surface area contributed by atoms with Crippen molar-refractivity contribution in [3.05, 3.63) is 0 Å². The molecule has 0 bridgehead atoms. The van der Waals surface area contributed by atoms with E-state index in [1.807, 2.05) is 0 Å². The topological polar surface area (TPSA) is 18.5 Å². The molecule has 0 amide bonds. The second-order valence-corrected chi connectivity index (χ2v) is 8.26. The van der Waals surface area contributed by atoms with Crippen LogP contribution in [0.15, 0.2) is 0 Å². The van der Waals surface area contributed by atoms with Crippen molar-refractivity contribution in [1.29, 1.82) is 0 Å². The zero-order valence-electron chi connectivity index (χ0n) is 19.5. The monoisotopic (exact) mass is 383 g/mol. The minimum atomic E-state index is 1.22. The molecule has 0 spiro atoms. The summed E-state index contributed by atoms with van der Waals surface area (Å²) < 4.78 is 0. The van der Waals surface area contributed by atoms with Gasteiger partial charge in [0.15, 0.2) is 0 Å². The molecule has 0 aromatic heterocycles. The van der Waals surface area contributed by atoms with E-state index in [1.54, 1.807) is 0 Å². The summed E-state index contributed by atoms with van der Waals surface area (Å²) in [6.07, 6.45) is 16.2. The fraction of sp³-hybridized carbons (Fsp3) is 1.00. The zero-order valence-corrected chi connectivity index (χ0v) is 19.5. The maximum atomic E-state index is 3.65. The largest absolute Gasteiger partial charge is 0.317 e. The normalized spacial score (nSPS) is 11.8. The highest BCUT2D eigenvalue weighted by molar-refractivity contribution is 4.59. The first-order valence-corrected chi connectivity index (χ1v) is 12.4. The van der Waals surface area contributed by atoms with E-state index in [0.717, 1.165) is 0 Å². The molecule has 0 saturated carbocycles. The van der Waals surface area contributed by atoms with E-state index in [2.05, 4.69) is 42.8 Å². The maximum absolute atomic E-state index is 3.65. The first-order chi connectivity index (χ1) is 13.3. The molecule has 0 aliphatic heterocycles. The highest BCUT2D eigenvalue weighted by atomic mass is 15.1. The highest BCUT2D eigenvalue weighted by Gasteiger charge is 2.02. The van der Waals surface area contributed by atoms with E-state index in [9.17, 15) is 0 Å². The minimum Gasteiger partial charge on any atom is -0.317 e. The Morgan fingerprint density at radius 1 is 0.407 bits per heavy atom. The summed E-state index contributed by atoms with van der Waals surface area (Å²) in [5.74, 6) is 0. The fourth-order valence-electron chi connectivity index (χ4n) is 3.94. The molecule has 0 heterocycles. The molecule has 0 aromatic rings. The lowest BCUT2D eigenvalue weighted by Crippen LogP contribution is -2.26. The van der Waals surface area contributed by atoms with E-state index >= 15 is 0 Å². The van der Waals surface area contributed by atoms with Crippen LogP contribution in [-0.2, 0) is 0 Å². The Morgan fingerprint density at radius 3 is 1.07 bits per heavy atom. The van der Waals surface area contributed by atoms with Crippen molar-refractivity contribution in [3.8, 4) is 0 Å². The molecule has 164 valence electrons. The first kappa shape index (κ1) is 26.9. The molecule has 0 radical (unpaired) electrons. The molecule has 27 heavy (non-hydrogen) atoms. The quantitative estimate of drug-likeness (QED) is 0.233. The molecule has 3 nitrogen and oxygen atoms in total. The number of hydrogen-bond acceptors (Lipinski definition) is 3. The van der Waals surface area contributed by atoms with Crippen LogP contribution in [0.5, 0.6) is 0 Å². The second-order valence-electron chi connectivity index (χ2n) is 8.26. The van der Waals surface area contributed by atoms with Gasteiger partial charge in [-0.05, 0) is 104 Å². The molecule has 0 saturated heterocycles. The third-order valence-electron chi connectivity index (χ3n) is 5.32. The van der Waals surface area contributed by atoms with E-state index in [1.165, 1.54) is 129 Å². The van der Waals surface area contributed by atoms with E-state index in [0.29, 0.717) is 0 Å². The highest BCUT2D eigenvalue weighted by Crippen LogP contribution is 2.05. The van der Waals surface area contributed by atoms with Crippen molar-refractivity contribution in [2.24, 2.45) is 0 Å². The summed E-state index contributed by atoms with van der Waals surface area (Å²) in [5, 5.41) is 3.65. The Kier molecular flexibility index (Phi) is 22.1. The van der Waals surface area contributed by atoms with E-state index in [4.69, 9.17) is 0 Å². The van der Waals surface area contributed by atoms with Gasteiger partial charge in [-0.25, -0.2) is 0 Å². The van der Waals surface area contributed by atoms with Gasteiger partial charge >= 0.3 is 0 Å². The fourth-order valence-corrected chi connectivity index (χ4v) is 3.94. The van der Waals surface area contributed by atoms with Gasteiger partial charge in [0.1, 0.15) is 0 Å². The Bertz CT molecular complexity index is 232. The van der Waals surface area contributed by atoms with E-state index in [-0.39, 0.29) is 0 Å². The van der Waals surface area contributed by atoms with Gasteiger partial charge in [-0.3, -0.25) is 0 Å². The summed E-state index contributed by atoms with van der Waals surface area (Å²) >= 11 is 0. The zero-order chi connectivity index (χ0) is 20.0.